The molecule has 0 aromatic heterocycles. The van der Waals surface area contributed by atoms with Crippen molar-refractivity contribution in [3.8, 4) is 0 Å². The quantitative estimate of drug-likeness (QED) is 0.796. The molecule has 1 atom stereocenters. The van der Waals surface area contributed by atoms with E-state index in [1.165, 1.54) is 0 Å². The zero-order valence-corrected chi connectivity index (χ0v) is 10.2. The second kappa shape index (κ2) is 6.75. The average molecular weight is 262 g/mol. The van der Waals surface area contributed by atoms with Crippen molar-refractivity contribution in [3.05, 3.63) is 35.4 Å². The van der Waals surface area contributed by atoms with E-state index >= 15 is 0 Å². The summed E-state index contributed by atoms with van der Waals surface area (Å²) in [7, 11) is 0. The molecule has 0 heterocycles. The zero-order chi connectivity index (χ0) is 13.6. The van der Waals surface area contributed by atoms with Crippen molar-refractivity contribution in [1.82, 2.24) is 0 Å². The highest BCUT2D eigenvalue weighted by atomic mass is 19.4. The van der Waals surface area contributed by atoms with Crippen molar-refractivity contribution in [2.45, 2.75) is 32.0 Å². The van der Waals surface area contributed by atoms with Gasteiger partial charge in [-0.25, -0.2) is 0 Å². The minimum absolute atomic E-state index is 0.00243. The zero-order valence-electron chi connectivity index (χ0n) is 10.2. The van der Waals surface area contributed by atoms with Gasteiger partial charge in [-0.15, -0.1) is 0 Å². The SMILES string of the molecule is Cc1ccccc1C(O)COCCCC(F)(F)F. The molecule has 0 aliphatic rings. The fourth-order valence-electron chi connectivity index (χ4n) is 1.62. The number of halogens is 3. The van der Waals surface area contributed by atoms with Crippen LogP contribution in [0.15, 0.2) is 24.3 Å². The third-order valence-electron chi connectivity index (χ3n) is 2.57. The van der Waals surface area contributed by atoms with Crippen molar-refractivity contribution in [2.24, 2.45) is 0 Å². The van der Waals surface area contributed by atoms with Gasteiger partial charge in [-0.1, -0.05) is 24.3 Å². The van der Waals surface area contributed by atoms with Crippen molar-refractivity contribution >= 4 is 0 Å². The minimum Gasteiger partial charge on any atom is -0.386 e. The fraction of sp³-hybridized carbons (Fsp3) is 0.538. The molecule has 0 bridgehead atoms. The largest absolute Gasteiger partial charge is 0.389 e. The first-order valence-corrected chi connectivity index (χ1v) is 5.78. The maximum atomic E-state index is 11.9. The fourth-order valence-corrected chi connectivity index (χ4v) is 1.62. The molecule has 1 N–H and O–H groups in total. The van der Waals surface area contributed by atoms with Crippen molar-refractivity contribution < 1.29 is 23.0 Å². The van der Waals surface area contributed by atoms with Crippen molar-refractivity contribution in [1.29, 1.82) is 0 Å². The number of hydrogen-bond acceptors (Lipinski definition) is 2. The summed E-state index contributed by atoms with van der Waals surface area (Å²) in [4.78, 5) is 0. The Balaban J connectivity index is 2.26. The first kappa shape index (κ1) is 15.0. The van der Waals surface area contributed by atoms with Crippen molar-refractivity contribution in [2.75, 3.05) is 13.2 Å². The summed E-state index contributed by atoms with van der Waals surface area (Å²) in [6.07, 6.45) is -5.87. The average Bonchev–Trinajstić information content (AvgIpc) is 2.27. The molecule has 1 rings (SSSR count). The van der Waals surface area contributed by atoms with E-state index in [9.17, 15) is 18.3 Å². The molecule has 0 aliphatic heterocycles. The first-order valence-electron chi connectivity index (χ1n) is 5.78. The van der Waals surface area contributed by atoms with Gasteiger partial charge < -0.3 is 9.84 Å². The van der Waals surface area contributed by atoms with E-state index in [0.717, 1.165) is 11.1 Å². The molecular formula is C13H17F3O2. The second-order valence-electron chi connectivity index (χ2n) is 4.17. The van der Waals surface area contributed by atoms with E-state index in [0.29, 0.717) is 0 Å². The van der Waals surface area contributed by atoms with E-state index < -0.39 is 18.7 Å². The van der Waals surface area contributed by atoms with Gasteiger partial charge in [0.25, 0.3) is 0 Å². The number of hydrogen-bond donors (Lipinski definition) is 1. The topological polar surface area (TPSA) is 29.5 Å². The normalized spacial score (nSPS) is 13.6. The highest BCUT2D eigenvalue weighted by molar-refractivity contribution is 5.27. The van der Waals surface area contributed by atoms with E-state index in [2.05, 4.69) is 0 Å². The summed E-state index contributed by atoms with van der Waals surface area (Å²) in [5.41, 5.74) is 1.68. The van der Waals surface area contributed by atoms with Gasteiger partial charge in [-0.2, -0.15) is 13.2 Å². The summed E-state index contributed by atoms with van der Waals surface area (Å²) in [6.45, 7) is 1.88. The van der Waals surface area contributed by atoms with E-state index in [1.54, 1.807) is 12.1 Å². The van der Waals surface area contributed by atoms with E-state index in [-0.39, 0.29) is 19.6 Å². The first-order chi connectivity index (χ1) is 8.40. The maximum absolute atomic E-state index is 11.9. The Kier molecular flexibility index (Phi) is 5.62. The molecule has 1 unspecified atom stereocenters. The monoisotopic (exact) mass is 262 g/mol. The van der Waals surface area contributed by atoms with Crippen LogP contribution in [0.5, 0.6) is 0 Å². The highest BCUT2D eigenvalue weighted by Crippen LogP contribution is 2.21. The predicted octanol–water partition coefficient (Wildman–Crippen LogP) is 3.39. The number of ether oxygens (including phenoxy) is 1. The minimum atomic E-state index is -4.14. The lowest BCUT2D eigenvalue weighted by molar-refractivity contribution is -0.138. The smallest absolute Gasteiger partial charge is 0.386 e. The van der Waals surface area contributed by atoms with Gasteiger partial charge in [-0.3, -0.25) is 0 Å². The van der Waals surface area contributed by atoms with Crippen LogP contribution < -0.4 is 0 Å². The van der Waals surface area contributed by atoms with Crippen LogP contribution in [0.2, 0.25) is 0 Å². The van der Waals surface area contributed by atoms with E-state index in [1.807, 2.05) is 19.1 Å². The van der Waals surface area contributed by atoms with Crippen LogP contribution in [0.4, 0.5) is 13.2 Å². The van der Waals surface area contributed by atoms with Gasteiger partial charge in [0.1, 0.15) is 6.10 Å². The van der Waals surface area contributed by atoms with Crippen molar-refractivity contribution in [3.63, 3.8) is 0 Å². The predicted molar refractivity (Wildman–Crippen MR) is 62.2 cm³/mol. The van der Waals surface area contributed by atoms with Gasteiger partial charge in [-0.05, 0) is 24.5 Å². The molecule has 0 aliphatic carbocycles. The Morgan fingerprint density at radius 1 is 1.28 bits per heavy atom. The van der Waals surface area contributed by atoms with Crippen LogP contribution in [-0.4, -0.2) is 24.5 Å². The lowest BCUT2D eigenvalue weighted by atomic mass is 10.0. The molecular weight excluding hydrogens is 245 g/mol. The number of rotatable bonds is 6. The Morgan fingerprint density at radius 3 is 2.56 bits per heavy atom. The Labute approximate surface area is 104 Å². The van der Waals surface area contributed by atoms with Crippen LogP contribution in [-0.2, 0) is 4.74 Å². The van der Waals surface area contributed by atoms with Gasteiger partial charge in [0.05, 0.1) is 6.61 Å². The molecule has 0 saturated heterocycles. The lowest BCUT2D eigenvalue weighted by Gasteiger charge is -2.14. The molecule has 0 amide bonds. The molecule has 1 aromatic carbocycles. The molecule has 0 fully saturated rings. The standard InChI is InChI=1S/C13H17F3O2/c1-10-5-2-3-6-11(10)12(17)9-18-8-4-7-13(14,15)16/h2-3,5-6,12,17H,4,7-9H2,1H3. The van der Waals surface area contributed by atoms with Gasteiger partial charge in [0.2, 0.25) is 0 Å². The molecule has 0 radical (unpaired) electrons. The summed E-state index contributed by atoms with van der Waals surface area (Å²) >= 11 is 0. The number of aliphatic hydroxyl groups excluding tert-OH is 1. The van der Waals surface area contributed by atoms with Gasteiger partial charge in [0, 0.05) is 13.0 Å². The number of alkyl halides is 3. The molecule has 5 heteroatoms. The molecule has 1 aromatic rings. The van der Waals surface area contributed by atoms with Crippen LogP contribution in [0.3, 0.4) is 0 Å². The summed E-state index contributed by atoms with van der Waals surface area (Å²) in [5, 5.41) is 9.81. The summed E-state index contributed by atoms with van der Waals surface area (Å²) in [5.74, 6) is 0. The molecule has 0 saturated carbocycles. The van der Waals surface area contributed by atoms with Crippen LogP contribution >= 0.6 is 0 Å². The Bertz CT molecular complexity index is 363. The lowest BCUT2D eigenvalue weighted by Crippen LogP contribution is -2.12. The third kappa shape index (κ3) is 5.51. The Hall–Kier alpha value is -1.07. The van der Waals surface area contributed by atoms with Gasteiger partial charge >= 0.3 is 6.18 Å². The highest BCUT2D eigenvalue weighted by Gasteiger charge is 2.26. The molecule has 2 nitrogen and oxygen atoms in total. The number of aryl methyl sites for hydroxylation is 1. The summed E-state index contributed by atoms with van der Waals surface area (Å²) in [6, 6.07) is 7.30. The molecule has 0 spiro atoms. The van der Waals surface area contributed by atoms with Crippen LogP contribution in [0.25, 0.3) is 0 Å². The van der Waals surface area contributed by atoms with Crippen LogP contribution in [0, 0.1) is 6.92 Å². The van der Waals surface area contributed by atoms with Gasteiger partial charge in [0.15, 0.2) is 0 Å². The summed E-state index contributed by atoms with van der Waals surface area (Å²) < 4.78 is 40.6. The maximum Gasteiger partial charge on any atom is 0.389 e. The number of benzene rings is 1. The molecule has 102 valence electrons. The second-order valence-corrected chi connectivity index (χ2v) is 4.17. The number of aliphatic hydroxyl groups is 1. The molecule has 18 heavy (non-hydrogen) atoms. The van der Waals surface area contributed by atoms with Crippen LogP contribution in [0.1, 0.15) is 30.1 Å². The Morgan fingerprint density at radius 2 is 1.94 bits per heavy atom. The third-order valence-corrected chi connectivity index (χ3v) is 2.57. The van der Waals surface area contributed by atoms with E-state index in [4.69, 9.17) is 4.74 Å².